The molecule has 0 atom stereocenters. The molecule has 0 spiro atoms. The molecule has 3 N–H and O–H groups in total. The van der Waals surface area contributed by atoms with E-state index in [1.54, 1.807) is 37.6 Å². The highest BCUT2D eigenvalue weighted by Gasteiger charge is 2.24. The zero-order valence-corrected chi connectivity index (χ0v) is 18.3. The molecular formula is C21H18F2N6O3S. The summed E-state index contributed by atoms with van der Waals surface area (Å²) in [4.78, 5) is 16.8. The van der Waals surface area contributed by atoms with E-state index in [0.29, 0.717) is 27.7 Å². The van der Waals surface area contributed by atoms with Gasteiger partial charge in [-0.1, -0.05) is 5.16 Å². The van der Waals surface area contributed by atoms with Crippen LogP contribution in [0.3, 0.4) is 0 Å². The summed E-state index contributed by atoms with van der Waals surface area (Å²) in [6.45, 7) is -0.338. The van der Waals surface area contributed by atoms with Gasteiger partial charge >= 0.3 is 0 Å². The van der Waals surface area contributed by atoms with E-state index in [0.717, 1.165) is 18.2 Å². The number of nitrogens with zero attached hydrogens (tertiary/aromatic N) is 4. The first-order valence-electron chi connectivity index (χ1n) is 9.53. The van der Waals surface area contributed by atoms with Gasteiger partial charge in [0.15, 0.2) is 0 Å². The van der Waals surface area contributed by atoms with Gasteiger partial charge in [-0.3, -0.25) is 4.79 Å². The third kappa shape index (κ3) is 4.65. The molecule has 33 heavy (non-hydrogen) atoms. The lowest BCUT2D eigenvalue weighted by Crippen LogP contribution is -2.21. The Labute approximate surface area is 190 Å². The Morgan fingerprint density at radius 3 is 2.70 bits per heavy atom. The maximum Gasteiger partial charge on any atom is 0.264 e. The molecule has 2 aromatic heterocycles. The fraction of sp³-hybridized carbons (Fsp3) is 0.143. The largest absolute Gasteiger partial charge is 0.497 e. The van der Waals surface area contributed by atoms with Gasteiger partial charge in [-0.2, -0.15) is 10.1 Å². The number of thioether (sulfide) groups is 1. The van der Waals surface area contributed by atoms with Gasteiger partial charge in [0.1, 0.15) is 40.3 Å². The molecule has 12 heteroatoms. The molecule has 4 rings (SSSR count). The van der Waals surface area contributed by atoms with Crippen LogP contribution in [0.25, 0.3) is 22.8 Å². The number of nitrogen functional groups attached to an aromatic ring is 1. The Balaban J connectivity index is 1.58. The number of carbonyl (C=O) groups is 1. The molecule has 2 aromatic carbocycles. The van der Waals surface area contributed by atoms with Crippen molar-refractivity contribution >= 4 is 29.2 Å². The van der Waals surface area contributed by atoms with Gasteiger partial charge < -0.3 is 20.3 Å². The molecule has 170 valence electrons. The number of hydrogen-bond donors (Lipinski definition) is 2. The number of ether oxygens (including phenoxy) is 1. The fourth-order valence-electron chi connectivity index (χ4n) is 3.02. The molecule has 1 amide bonds. The second kappa shape index (κ2) is 9.28. The predicted molar refractivity (Wildman–Crippen MR) is 119 cm³/mol. The Morgan fingerprint density at radius 2 is 2.00 bits per heavy atom. The lowest BCUT2D eigenvalue weighted by atomic mass is 10.2. The molecule has 0 aliphatic rings. The Hall–Kier alpha value is -3.93. The van der Waals surface area contributed by atoms with E-state index in [1.165, 1.54) is 16.4 Å². The number of nitrogens with two attached hydrogens (primary N) is 1. The van der Waals surface area contributed by atoms with Crippen molar-refractivity contribution in [3.8, 4) is 28.6 Å². The fourth-order valence-corrected chi connectivity index (χ4v) is 3.59. The van der Waals surface area contributed by atoms with E-state index in [1.807, 2.05) is 0 Å². The van der Waals surface area contributed by atoms with Crippen LogP contribution in [-0.2, 0) is 11.3 Å². The molecule has 0 aliphatic heterocycles. The number of aromatic nitrogens is 4. The summed E-state index contributed by atoms with van der Waals surface area (Å²) in [7, 11) is 1.57. The molecule has 0 saturated carbocycles. The van der Waals surface area contributed by atoms with Crippen molar-refractivity contribution in [1.29, 1.82) is 0 Å². The monoisotopic (exact) mass is 472 g/mol. The minimum atomic E-state index is -0.763. The van der Waals surface area contributed by atoms with Gasteiger partial charge in [0.25, 0.3) is 5.89 Å². The smallest absolute Gasteiger partial charge is 0.264 e. The number of benzene rings is 2. The molecule has 0 bridgehead atoms. The van der Waals surface area contributed by atoms with Crippen LogP contribution in [-0.4, -0.2) is 39.2 Å². The van der Waals surface area contributed by atoms with Gasteiger partial charge in [-0.25, -0.2) is 13.5 Å². The summed E-state index contributed by atoms with van der Waals surface area (Å²) in [5.74, 6) is -0.816. The molecular weight excluding hydrogens is 454 g/mol. The number of amides is 1. The number of methoxy groups -OCH3 is 1. The Bertz CT molecular complexity index is 1310. The summed E-state index contributed by atoms with van der Waals surface area (Å²) in [6, 6.07) is 9.87. The molecule has 0 radical (unpaired) electrons. The third-order valence-corrected chi connectivity index (χ3v) is 5.31. The van der Waals surface area contributed by atoms with Crippen molar-refractivity contribution in [2.45, 2.75) is 11.6 Å². The van der Waals surface area contributed by atoms with Crippen molar-refractivity contribution in [2.75, 3.05) is 24.4 Å². The number of nitrogens with one attached hydrogen (secondary N) is 1. The van der Waals surface area contributed by atoms with Gasteiger partial charge in [0, 0.05) is 11.6 Å². The molecule has 4 aromatic rings. The standard InChI is InChI=1S/C21H18F2N6O3S/c1-31-13-6-3-11(4-7-13)19-26-20(32-28-19)17-18(24)29(27-21(17)33-2)10-16(30)25-15-9-12(22)5-8-14(15)23/h3-9H,10,24H2,1-2H3,(H,25,30). The molecule has 0 fully saturated rings. The van der Waals surface area contributed by atoms with Crippen LogP contribution in [0.4, 0.5) is 20.3 Å². The average molecular weight is 472 g/mol. The minimum Gasteiger partial charge on any atom is -0.497 e. The van der Waals surface area contributed by atoms with Gasteiger partial charge in [0.05, 0.1) is 12.8 Å². The van der Waals surface area contributed by atoms with Gasteiger partial charge in [0.2, 0.25) is 11.7 Å². The number of carbonyl (C=O) groups excluding carboxylic acids is 1. The summed E-state index contributed by atoms with van der Waals surface area (Å²) >= 11 is 1.27. The van der Waals surface area contributed by atoms with Gasteiger partial charge in [-0.15, -0.1) is 11.8 Å². The second-order valence-corrected chi connectivity index (χ2v) is 7.55. The van der Waals surface area contributed by atoms with E-state index in [9.17, 15) is 13.6 Å². The van der Waals surface area contributed by atoms with Crippen LogP contribution in [0.5, 0.6) is 5.75 Å². The summed E-state index contributed by atoms with van der Waals surface area (Å²) in [5.41, 5.74) is 7.02. The highest BCUT2D eigenvalue weighted by atomic mass is 32.2. The highest BCUT2D eigenvalue weighted by Crippen LogP contribution is 2.35. The van der Waals surface area contributed by atoms with Crippen molar-refractivity contribution in [3.63, 3.8) is 0 Å². The van der Waals surface area contributed by atoms with Gasteiger partial charge in [-0.05, 0) is 42.7 Å². The van der Waals surface area contributed by atoms with E-state index >= 15 is 0 Å². The van der Waals surface area contributed by atoms with Crippen LogP contribution in [0.1, 0.15) is 0 Å². The molecule has 0 aliphatic carbocycles. The summed E-state index contributed by atoms with van der Waals surface area (Å²) in [6.07, 6.45) is 1.78. The molecule has 0 unspecified atom stereocenters. The van der Waals surface area contributed by atoms with Crippen LogP contribution < -0.4 is 15.8 Å². The Kier molecular flexibility index (Phi) is 6.27. The highest BCUT2D eigenvalue weighted by molar-refractivity contribution is 7.98. The average Bonchev–Trinajstić information content (AvgIpc) is 3.41. The number of hydrogen-bond acceptors (Lipinski definition) is 8. The number of rotatable bonds is 7. The van der Waals surface area contributed by atoms with Crippen molar-refractivity contribution < 1.29 is 22.8 Å². The van der Waals surface area contributed by atoms with Crippen molar-refractivity contribution in [3.05, 3.63) is 54.1 Å². The van der Waals surface area contributed by atoms with E-state index in [4.69, 9.17) is 15.0 Å². The van der Waals surface area contributed by atoms with Crippen LogP contribution in [0.15, 0.2) is 52.0 Å². The SMILES string of the molecule is COc1ccc(-c2noc(-c3c(SC)nn(CC(=O)Nc4cc(F)ccc4F)c3N)n2)cc1. The number of anilines is 2. The molecule has 2 heterocycles. The molecule has 0 saturated heterocycles. The number of halogens is 2. The molecule has 9 nitrogen and oxygen atoms in total. The minimum absolute atomic E-state index is 0.110. The second-order valence-electron chi connectivity index (χ2n) is 6.75. The Morgan fingerprint density at radius 1 is 1.24 bits per heavy atom. The topological polar surface area (TPSA) is 121 Å². The predicted octanol–water partition coefficient (Wildman–Crippen LogP) is 3.83. The van der Waals surface area contributed by atoms with E-state index < -0.39 is 17.5 Å². The first kappa shape index (κ1) is 22.3. The van der Waals surface area contributed by atoms with E-state index in [-0.39, 0.29) is 23.9 Å². The van der Waals surface area contributed by atoms with Crippen LogP contribution in [0, 0.1) is 11.6 Å². The normalized spacial score (nSPS) is 10.9. The summed E-state index contributed by atoms with van der Waals surface area (Å²) < 4.78 is 38.9. The maximum atomic E-state index is 13.8. The van der Waals surface area contributed by atoms with Crippen LogP contribution in [0.2, 0.25) is 0 Å². The first-order valence-corrected chi connectivity index (χ1v) is 10.8. The van der Waals surface area contributed by atoms with Crippen molar-refractivity contribution in [2.24, 2.45) is 0 Å². The lowest BCUT2D eigenvalue weighted by Gasteiger charge is -2.07. The first-order chi connectivity index (χ1) is 15.9. The van der Waals surface area contributed by atoms with Crippen LogP contribution >= 0.6 is 11.8 Å². The summed E-state index contributed by atoms with van der Waals surface area (Å²) in [5, 5.41) is 11.1. The van der Waals surface area contributed by atoms with Crippen molar-refractivity contribution in [1.82, 2.24) is 19.9 Å². The third-order valence-electron chi connectivity index (χ3n) is 4.64. The zero-order valence-electron chi connectivity index (χ0n) is 17.5. The maximum absolute atomic E-state index is 13.8. The quantitative estimate of drug-likeness (QED) is 0.389. The zero-order chi connectivity index (χ0) is 23.5. The van der Waals surface area contributed by atoms with E-state index in [2.05, 4.69) is 20.6 Å². The lowest BCUT2D eigenvalue weighted by molar-refractivity contribution is -0.116.